The Kier molecular flexibility index (Phi) is 3.84. The first-order valence-electron chi connectivity index (χ1n) is 6.22. The van der Waals surface area contributed by atoms with E-state index in [1.165, 1.54) is 0 Å². The van der Waals surface area contributed by atoms with E-state index in [9.17, 15) is 9.90 Å². The number of allylic oxidation sites excluding steroid dienone is 2. The number of aliphatic hydroxyl groups is 1. The molecular weight excluding hydrogens is 218 g/mol. The maximum absolute atomic E-state index is 12.2. The SMILES string of the molecule is COCC(O)CN(C)C(=O)C1CC2C=CC1C2. The third-order valence-electron chi connectivity index (χ3n) is 3.82. The molecule has 1 saturated carbocycles. The van der Waals surface area contributed by atoms with Crippen LogP contribution in [0.3, 0.4) is 0 Å². The molecule has 2 aliphatic carbocycles. The number of carbonyl (C=O) groups is 1. The summed E-state index contributed by atoms with van der Waals surface area (Å²) in [7, 11) is 3.31. The summed E-state index contributed by atoms with van der Waals surface area (Å²) < 4.78 is 4.86. The van der Waals surface area contributed by atoms with Gasteiger partial charge in [0.15, 0.2) is 0 Å². The average molecular weight is 239 g/mol. The van der Waals surface area contributed by atoms with Gasteiger partial charge in [-0.2, -0.15) is 0 Å². The van der Waals surface area contributed by atoms with Gasteiger partial charge in [0.05, 0.1) is 12.7 Å². The second kappa shape index (κ2) is 5.19. The summed E-state index contributed by atoms with van der Waals surface area (Å²) in [6.45, 7) is 0.624. The molecule has 1 fully saturated rings. The van der Waals surface area contributed by atoms with Crippen LogP contribution in [0.5, 0.6) is 0 Å². The van der Waals surface area contributed by atoms with Crippen LogP contribution >= 0.6 is 0 Å². The number of hydrogen-bond acceptors (Lipinski definition) is 3. The van der Waals surface area contributed by atoms with Gasteiger partial charge in [0.2, 0.25) is 5.91 Å². The van der Waals surface area contributed by atoms with E-state index in [4.69, 9.17) is 4.74 Å². The Morgan fingerprint density at radius 3 is 2.82 bits per heavy atom. The van der Waals surface area contributed by atoms with Gasteiger partial charge in [0, 0.05) is 26.6 Å². The van der Waals surface area contributed by atoms with Gasteiger partial charge >= 0.3 is 0 Å². The zero-order chi connectivity index (χ0) is 12.4. The lowest BCUT2D eigenvalue weighted by atomic mass is 9.92. The number of ether oxygens (including phenoxy) is 1. The number of hydrogen-bond donors (Lipinski definition) is 1. The first-order valence-corrected chi connectivity index (χ1v) is 6.22. The Hall–Kier alpha value is -0.870. The van der Waals surface area contributed by atoms with Crippen molar-refractivity contribution in [3.8, 4) is 0 Å². The van der Waals surface area contributed by atoms with E-state index in [0.29, 0.717) is 18.4 Å². The van der Waals surface area contributed by atoms with Crippen molar-refractivity contribution >= 4 is 5.91 Å². The highest BCUT2D eigenvalue weighted by molar-refractivity contribution is 5.80. The fraction of sp³-hybridized carbons (Fsp3) is 0.769. The smallest absolute Gasteiger partial charge is 0.226 e. The molecule has 4 atom stereocenters. The van der Waals surface area contributed by atoms with Gasteiger partial charge in [0.25, 0.3) is 0 Å². The van der Waals surface area contributed by atoms with Gasteiger partial charge in [-0.3, -0.25) is 4.79 Å². The van der Waals surface area contributed by atoms with Gasteiger partial charge in [-0.15, -0.1) is 0 Å². The Morgan fingerprint density at radius 2 is 2.29 bits per heavy atom. The minimum atomic E-state index is -0.594. The lowest BCUT2D eigenvalue weighted by Crippen LogP contribution is -2.40. The summed E-state index contributed by atoms with van der Waals surface area (Å²) in [5.41, 5.74) is 0. The molecule has 4 nitrogen and oxygen atoms in total. The minimum absolute atomic E-state index is 0.129. The Labute approximate surface area is 102 Å². The van der Waals surface area contributed by atoms with Gasteiger partial charge in [-0.25, -0.2) is 0 Å². The predicted molar refractivity (Wildman–Crippen MR) is 64.4 cm³/mol. The molecule has 17 heavy (non-hydrogen) atoms. The number of carbonyl (C=O) groups excluding carboxylic acids is 1. The molecule has 1 N–H and O–H groups in total. The van der Waals surface area contributed by atoms with Gasteiger partial charge < -0.3 is 14.7 Å². The topological polar surface area (TPSA) is 49.8 Å². The van der Waals surface area contributed by atoms with E-state index in [2.05, 4.69) is 12.2 Å². The summed E-state index contributed by atoms with van der Waals surface area (Å²) in [6.07, 6.45) is 5.92. The molecule has 4 unspecified atom stereocenters. The minimum Gasteiger partial charge on any atom is -0.389 e. The predicted octanol–water partition coefficient (Wildman–Crippen LogP) is 0.664. The zero-order valence-electron chi connectivity index (χ0n) is 10.5. The van der Waals surface area contributed by atoms with Gasteiger partial charge in [-0.05, 0) is 24.7 Å². The molecular formula is C13H21NO3. The number of likely N-dealkylation sites (N-methyl/N-ethyl adjacent to an activating group) is 1. The monoisotopic (exact) mass is 239 g/mol. The molecule has 0 aliphatic heterocycles. The second-order valence-electron chi connectivity index (χ2n) is 5.21. The fourth-order valence-electron chi connectivity index (χ4n) is 3.00. The highest BCUT2D eigenvalue weighted by Crippen LogP contribution is 2.43. The number of nitrogens with zero attached hydrogens (tertiary/aromatic N) is 1. The Morgan fingerprint density at radius 1 is 1.53 bits per heavy atom. The average Bonchev–Trinajstić information content (AvgIpc) is 2.89. The van der Waals surface area contributed by atoms with Crippen LogP contribution in [-0.4, -0.2) is 49.3 Å². The van der Waals surface area contributed by atoms with Crippen molar-refractivity contribution in [3.63, 3.8) is 0 Å². The lowest BCUT2D eigenvalue weighted by Gasteiger charge is -2.26. The summed E-state index contributed by atoms with van der Waals surface area (Å²) >= 11 is 0. The van der Waals surface area contributed by atoms with E-state index in [1.54, 1.807) is 19.1 Å². The molecule has 0 aromatic carbocycles. The molecule has 2 bridgehead atoms. The van der Waals surface area contributed by atoms with Crippen LogP contribution in [0.4, 0.5) is 0 Å². The molecule has 0 radical (unpaired) electrons. The molecule has 0 aromatic heterocycles. The number of fused-ring (bicyclic) bond motifs is 2. The molecule has 0 aromatic rings. The van der Waals surface area contributed by atoms with Gasteiger partial charge in [0.1, 0.15) is 0 Å². The second-order valence-corrected chi connectivity index (χ2v) is 5.21. The molecule has 0 saturated heterocycles. The highest BCUT2D eigenvalue weighted by atomic mass is 16.5. The largest absolute Gasteiger partial charge is 0.389 e. The van der Waals surface area contributed by atoms with Crippen LogP contribution in [0.1, 0.15) is 12.8 Å². The molecule has 2 aliphatic rings. The molecule has 1 amide bonds. The number of aliphatic hydroxyl groups excluding tert-OH is 1. The van der Waals surface area contributed by atoms with Crippen LogP contribution in [0.2, 0.25) is 0 Å². The standard InChI is InChI=1S/C13H21NO3/c1-14(7-11(15)8-17-2)13(16)12-6-9-3-4-10(12)5-9/h3-4,9-12,15H,5-8H2,1-2H3. The zero-order valence-corrected chi connectivity index (χ0v) is 10.5. The summed E-state index contributed by atoms with van der Waals surface area (Å²) in [5, 5.41) is 9.61. The maximum Gasteiger partial charge on any atom is 0.226 e. The summed E-state index contributed by atoms with van der Waals surface area (Å²) in [5.74, 6) is 1.32. The molecule has 0 spiro atoms. The first-order chi connectivity index (χ1) is 8.11. The van der Waals surface area contributed by atoms with E-state index < -0.39 is 6.10 Å². The molecule has 96 valence electrons. The van der Waals surface area contributed by atoms with E-state index in [-0.39, 0.29) is 18.4 Å². The third-order valence-corrected chi connectivity index (χ3v) is 3.82. The number of amides is 1. The lowest BCUT2D eigenvalue weighted by molar-refractivity contribution is -0.136. The summed E-state index contributed by atoms with van der Waals surface area (Å²) in [6, 6.07) is 0. The highest BCUT2D eigenvalue weighted by Gasteiger charge is 2.40. The molecule has 4 heteroatoms. The molecule has 0 heterocycles. The van der Waals surface area contributed by atoms with Crippen LogP contribution in [0.25, 0.3) is 0 Å². The van der Waals surface area contributed by atoms with Crippen molar-refractivity contribution in [1.82, 2.24) is 4.90 Å². The third kappa shape index (κ3) is 2.69. The van der Waals surface area contributed by atoms with Gasteiger partial charge in [-0.1, -0.05) is 12.2 Å². The normalized spacial score (nSPS) is 31.8. The van der Waals surface area contributed by atoms with E-state index in [0.717, 1.165) is 12.8 Å². The van der Waals surface area contributed by atoms with Crippen LogP contribution < -0.4 is 0 Å². The molecule has 2 rings (SSSR count). The van der Waals surface area contributed by atoms with E-state index in [1.807, 2.05) is 0 Å². The number of rotatable bonds is 5. The maximum atomic E-state index is 12.2. The number of methoxy groups -OCH3 is 1. The summed E-state index contributed by atoms with van der Waals surface area (Å²) in [4.78, 5) is 13.9. The van der Waals surface area contributed by atoms with Crippen LogP contribution in [0, 0.1) is 17.8 Å². The van der Waals surface area contributed by atoms with Crippen LogP contribution in [-0.2, 0) is 9.53 Å². The quantitative estimate of drug-likeness (QED) is 0.717. The van der Waals surface area contributed by atoms with Crippen molar-refractivity contribution in [1.29, 1.82) is 0 Å². The van der Waals surface area contributed by atoms with Crippen molar-refractivity contribution < 1.29 is 14.6 Å². The van der Waals surface area contributed by atoms with Crippen molar-refractivity contribution in [3.05, 3.63) is 12.2 Å². The van der Waals surface area contributed by atoms with E-state index >= 15 is 0 Å². The van der Waals surface area contributed by atoms with Crippen molar-refractivity contribution in [2.75, 3.05) is 27.3 Å². The van der Waals surface area contributed by atoms with Crippen molar-refractivity contribution in [2.45, 2.75) is 18.9 Å². The first kappa shape index (κ1) is 12.6. The van der Waals surface area contributed by atoms with Crippen LogP contribution in [0.15, 0.2) is 12.2 Å². The Balaban J connectivity index is 1.85. The Bertz CT molecular complexity index is 316. The van der Waals surface area contributed by atoms with Crippen molar-refractivity contribution in [2.24, 2.45) is 17.8 Å². The fourth-order valence-corrected chi connectivity index (χ4v) is 3.00.